The fourth-order valence-corrected chi connectivity index (χ4v) is 1.19. The predicted octanol–water partition coefficient (Wildman–Crippen LogP) is 0.282. The first kappa shape index (κ1) is 6.05. The average Bonchev–Trinajstić information content (AvgIpc) is 1.82. The Morgan fingerprint density at radius 2 is 2.25 bits per heavy atom. The first-order valence-corrected chi connectivity index (χ1v) is 3.01. The molecule has 1 aliphatic rings. The Kier molecular flexibility index (Phi) is 1.29. The van der Waals surface area contributed by atoms with Crippen LogP contribution in [0.25, 0.3) is 0 Å². The number of aliphatic hydroxyl groups is 2. The third-order valence-corrected chi connectivity index (χ3v) is 1.69. The maximum absolute atomic E-state index is 9.20. The minimum Gasteiger partial charge on any atom is -0.393 e. The van der Waals surface area contributed by atoms with E-state index in [9.17, 15) is 5.11 Å². The van der Waals surface area contributed by atoms with Gasteiger partial charge in [0.05, 0.1) is 11.7 Å². The first-order chi connectivity index (χ1) is 3.60. The lowest BCUT2D eigenvalue weighted by atomic mass is 10.1. The molecule has 8 heavy (non-hydrogen) atoms. The summed E-state index contributed by atoms with van der Waals surface area (Å²) in [6.07, 6.45) is 1.79. The summed E-state index contributed by atoms with van der Waals surface area (Å²) in [6, 6.07) is 0. The van der Waals surface area contributed by atoms with Gasteiger partial charge < -0.3 is 10.2 Å². The van der Waals surface area contributed by atoms with Crippen molar-refractivity contribution in [1.29, 1.82) is 0 Å². The van der Waals surface area contributed by atoms with Crippen LogP contribution in [0.2, 0.25) is 0 Å². The molecule has 2 nitrogen and oxygen atoms in total. The van der Waals surface area contributed by atoms with Gasteiger partial charge in [-0.15, -0.1) is 0 Å². The van der Waals surface area contributed by atoms with Crippen molar-refractivity contribution in [3.05, 3.63) is 0 Å². The number of hydrogen-bond acceptors (Lipinski definition) is 2. The molecule has 48 valence electrons. The Morgan fingerprint density at radius 3 is 2.38 bits per heavy atom. The molecule has 0 spiro atoms. The lowest BCUT2D eigenvalue weighted by Gasteiger charge is -2.13. The lowest BCUT2D eigenvalue weighted by Crippen LogP contribution is -2.19. The smallest absolute Gasteiger partial charge is 0.0645 e. The first-order valence-electron chi connectivity index (χ1n) is 3.01. The van der Waals surface area contributed by atoms with Crippen molar-refractivity contribution in [3.63, 3.8) is 0 Å². The zero-order valence-electron chi connectivity index (χ0n) is 5.09. The van der Waals surface area contributed by atoms with Crippen LogP contribution < -0.4 is 0 Å². The van der Waals surface area contributed by atoms with Crippen molar-refractivity contribution in [3.8, 4) is 0 Å². The molecule has 1 fully saturated rings. The predicted molar refractivity (Wildman–Crippen MR) is 30.5 cm³/mol. The topological polar surface area (TPSA) is 40.5 Å². The third kappa shape index (κ3) is 1.20. The van der Waals surface area contributed by atoms with Crippen molar-refractivity contribution >= 4 is 0 Å². The summed E-state index contributed by atoms with van der Waals surface area (Å²) in [7, 11) is 0. The van der Waals surface area contributed by atoms with E-state index < -0.39 is 5.60 Å². The number of aliphatic hydroxyl groups excluding tert-OH is 1. The van der Waals surface area contributed by atoms with Gasteiger partial charge in [-0.2, -0.15) is 0 Å². The Balaban J connectivity index is 2.44. The molecule has 0 unspecified atom stereocenters. The largest absolute Gasteiger partial charge is 0.393 e. The van der Waals surface area contributed by atoms with E-state index in [0.29, 0.717) is 6.42 Å². The lowest BCUT2D eigenvalue weighted by molar-refractivity contribution is 0.0505. The molecule has 0 aromatic rings. The van der Waals surface area contributed by atoms with Crippen LogP contribution in [0.1, 0.15) is 26.2 Å². The van der Waals surface area contributed by atoms with Crippen molar-refractivity contribution in [2.75, 3.05) is 0 Å². The molecule has 0 radical (unpaired) electrons. The average molecular weight is 116 g/mol. The molecule has 2 atom stereocenters. The molecule has 1 saturated carbocycles. The minimum absolute atomic E-state index is 0.259. The van der Waals surface area contributed by atoms with Gasteiger partial charge in [-0.3, -0.25) is 0 Å². The SMILES string of the molecule is C[C@]1(O)CC[C@@H](O)C1. The van der Waals surface area contributed by atoms with E-state index in [1.54, 1.807) is 6.92 Å². The van der Waals surface area contributed by atoms with E-state index in [4.69, 9.17) is 5.11 Å². The quantitative estimate of drug-likeness (QED) is 0.477. The maximum Gasteiger partial charge on any atom is 0.0645 e. The summed E-state index contributed by atoms with van der Waals surface area (Å²) in [5.41, 5.74) is -0.584. The monoisotopic (exact) mass is 116 g/mol. The van der Waals surface area contributed by atoms with Crippen molar-refractivity contribution in [2.45, 2.75) is 37.9 Å². The van der Waals surface area contributed by atoms with Crippen LogP contribution >= 0.6 is 0 Å². The fourth-order valence-electron chi connectivity index (χ4n) is 1.19. The van der Waals surface area contributed by atoms with Gasteiger partial charge in [0.25, 0.3) is 0 Å². The second kappa shape index (κ2) is 1.71. The van der Waals surface area contributed by atoms with E-state index in [2.05, 4.69) is 0 Å². The minimum atomic E-state index is -0.584. The van der Waals surface area contributed by atoms with Crippen LogP contribution in [-0.4, -0.2) is 21.9 Å². The highest BCUT2D eigenvalue weighted by atomic mass is 16.3. The molecule has 0 saturated heterocycles. The van der Waals surface area contributed by atoms with Gasteiger partial charge in [0.1, 0.15) is 0 Å². The summed E-state index contributed by atoms with van der Waals surface area (Å²) < 4.78 is 0. The maximum atomic E-state index is 9.20. The molecule has 1 rings (SSSR count). The molecule has 1 aliphatic carbocycles. The molecule has 0 bridgehead atoms. The molecule has 0 heterocycles. The van der Waals surface area contributed by atoms with E-state index in [-0.39, 0.29) is 6.10 Å². The molecular weight excluding hydrogens is 104 g/mol. The van der Waals surface area contributed by atoms with Crippen molar-refractivity contribution in [2.24, 2.45) is 0 Å². The van der Waals surface area contributed by atoms with Crippen LogP contribution in [0, 0.1) is 0 Å². The van der Waals surface area contributed by atoms with E-state index in [1.165, 1.54) is 0 Å². The summed E-state index contributed by atoms with van der Waals surface area (Å²) in [6.45, 7) is 1.77. The molecule has 0 amide bonds. The van der Waals surface area contributed by atoms with Gasteiger partial charge in [-0.1, -0.05) is 0 Å². The number of hydrogen-bond donors (Lipinski definition) is 2. The molecule has 0 aromatic carbocycles. The highest BCUT2D eigenvalue weighted by Gasteiger charge is 2.31. The van der Waals surface area contributed by atoms with Gasteiger partial charge >= 0.3 is 0 Å². The van der Waals surface area contributed by atoms with Crippen LogP contribution in [0.5, 0.6) is 0 Å². The second-order valence-electron chi connectivity index (χ2n) is 2.89. The Morgan fingerprint density at radius 1 is 1.62 bits per heavy atom. The normalized spacial score (nSPS) is 47.6. The van der Waals surface area contributed by atoms with Crippen LogP contribution in [0.15, 0.2) is 0 Å². The number of rotatable bonds is 0. The highest BCUT2D eigenvalue weighted by molar-refractivity contribution is 4.84. The van der Waals surface area contributed by atoms with Gasteiger partial charge in [0.2, 0.25) is 0 Å². The Bertz CT molecular complexity index is 88.5. The standard InChI is InChI=1S/C6H12O2/c1-6(8)3-2-5(7)4-6/h5,7-8H,2-4H2,1H3/t5-,6+/m1/s1. The molecule has 2 N–H and O–H groups in total. The van der Waals surface area contributed by atoms with Crippen LogP contribution in [-0.2, 0) is 0 Å². The molecular formula is C6H12O2. The summed E-state index contributed by atoms with van der Waals surface area (Å²) >= 11 is 0. The van der Waals surface area contributed by atoms with Crippen LogP contribution in [0.4, 0.5) is 0 Å². The highest BCUT2D eigenvalue weighted by Crippen LogP contribution is 2.28. The summed E-state index contributed by atoms with van der Waals surface area (Å²) in [5, 5.41) is 18.1. The fraction of sp³-hybridized carbons (Fsp3) is 1.00. The second-order valence-corrected chi connectivity index (χ2v) is 2.89. The summed E-state index contributed by atoms with van der Waals surface area (Å²) in [5.74, 6) is 0. The zero-order valence-corrected chi connectivity index (χ0v) is 5.09. The van der Waals surface area contributed by atoms with Gasteiger partial charge in [0, 0.05) is 6.42 Å². The molecule has 0 aliphatic heterocycles. The third-order valence-electron chi connectivity index (χ3n) is 1.69. The Hall–Kier alpha value is -0.0800. The van der Waals surface area contributed by atoms with Gasteiger partial charge in [0.15, 0.2) is 0 Å². The van der Waals surface area contributed by atoms with E-state index in [1.807, 2.05) is 0 Å². The summed E-state index contributed by atoms with van der Waals surface area (Å²) in [4.78, 5) is 0. The molecule has 2 heteroatoms. The van der Waals surface area contributed by atoms with Crippen molar-refractivity contribution in [1.82, 2.24) is 0 Å². The molecule has 0 aromatic heterocycles. The van der Waals surface area contributed by atoms with Gasteiger partial charge in [-0.25, -0.2) is 0 Å². The van der Waals surface area contributed by atoms with E-state index in [0.717, 1.165) is 12.8 Å². The van der Waals surface area contributed by atoms with Crippen LogP contribution in [0.3, 0.4) is 0 Å². The van der Waals surface area contributed by atoms with Crippen molar-refractivity contribution < 1.29 is 10.2 Å². The van der Waals surface area contributed by atoms with E-state index >= 15 is 0 Å². The zero-order chi connectivity index (χ0) is 6.20. The Labute approximate surface area is 49.1 Å². The van der Waals surface area contributed by atoms with Gasteiger partial charge in [-0.05, 0) is 19.8 Å².